The zero-order chi connectivity index (χ0) is 43.6. The van der Waals surface area contributed by atoms with Crippen molar-refractivity contribution in [2.45, 2.75) is 181 Å². The quantitative estimate of drug-likeness (QED) is 0.0284. The van der Waals surface area contributed by atoms with Crippen LogP contribution in [0.5, 0.6) is 0 Å². The van der Waals surface area contributed by atoms with Gasteiger partial charge in [0.05, 0.1) is 0 Å². The van der Waals surface area contributed by atoms with Gasteiger partial charge in [-0.2, -0.15) is 0 Å². The molecule has 0 aliphatic carbocycles. The number of imide groups is 1. The van der Waals surface area contributed by atoms with E-state index in [0.717, 1.165) is 59.8 Å². The summed E-state index contributed by atoms with van der Waals surface area (Å²) in [7, 11) is 0. The van der Waals surface area contributed by atoms with Crippen LogP contribution in [-0.4, -0.2) is 63.9 Å². The second-order valence-corrected chi connectivity index (χ2v) is 17.0. The maximum absolute atomic E-state index is 14.8. The number of amides is 4. The van der Waals surface area contributed by atoms with E-state index >= 15 is 0 Å². The van der Waals surface area contributed by atoms with Crippen molar-refractivity contribution in [2.24, 2.45) is 23.3 Å². The summed E-state index contributed by atoms with van der Waals surface area (Å²) < 4.78 is 0. The molecule has 0 saturated heterocycles. The fourth-order valence-electron chi connectivity index (χ4n) is 7.62. The van der Waals surface area contributed by atoms with Gasteiger partial charge in [0.1, 0.15) is 12.1 Å². The first kappa shape index (κ1) is 51.1. The molecular formula is C48H77N5O6. The third-order valence-electron chi connectivity index (χ3n) is 10.9. The number of carbonyl (C=O) groups excluding carboxylic acids is 4. The number of nitrogens with two attached hydrogens (primary N) is 2. The van der Waals surface area contributed by atoms with Crippen molar-refractivity contribution >= 4 is 40.4 Å². The molecule has 330 valence electrons. The summed E-state index contributed by atoms with van der Waals surface area (Å²) in [5.74, 6) is -4.79. The Balaban J connectivity index is 2.24. The summed E-state index contributed by atoms with van der Waals surface area (Å²) in [6, 6.07) is 11.1. The Labute approximate surface area is 354 Å². The Morgan fingerprint density at radius 2 is 1.37 bits per heavy atom. The summed E-state index contributed by atoms with van der Waals surface area (Å²) in [6.45, 7) is 9.53. The topological polar surface area (TPSA) is 185 Å². The van der Waals surface area contributed by atoms with Gasteiger partial charge in [0.2, 0.25) is 11.8 Å². The van der Waals surface area contributed by atoms with Crippen molar-refractivity contribution in [3.63, 3.8) is 0 Å². The van der Waals surface area contributed by atoms with Gasteiger partial charge in [-0.05, 0) is 98.9 Å². The normalized spacial score (nSPS) is 13.7. The van der Waals surface area contributed by atoms with E-state index in [0.29, 0.717) is 25.8 Å². The van der Waals surface area contributed by atoms with E-state index in [1.54, 1.807) is 13.8 Å². The zero-order valence-corrected chi connectivity index (χ0v) is 36.9. The van der Waals surface area contributed by atoms with Crippen molar-refractivity contribution in [3.05, 3.63) is 60.2 Å². The minimum atomic E-state index is -2.25. The molecule has 2 aromatic rings. The molecule has 7 N–H and O–H groups in total. The summed E-state index contributed by atoms with van der Waals surface area (Å²) in [6.07, 6.45) is 20.8. The van der Waals surface area contributed by atoms with Crippen molar-refractivity contribution < 1.29 is 29.1 Å². The van der Waals surface area contributed by atoms with Crippen LogP contribution in [0.3, 0.4) is 0 Å². The summed E-state index contributed by atoms with van der Waals surface area (Å²) in [5.41, 5.74) is 11.4. The molecule has 0 heterocycles. The van der Waals surface area contributed by atoms with Crippen LogP contribution < -0.4 is 22.1 Å². The molecular weight excluding hydrogens is 743 g/mol. The van der Waals surface area contributed by atoms with Gasteiger partial charge in [0.15, 0.2) is 5.66 Å². The lowest BCUT2D eigenvalue weighted by Crippen LogP contribution is -2.72. The first-order valence-corrected chi connectivity index (χ1v) is 22.6. The Kier molecular flexibility index (Phi) is 24.6. The number of aryl methyl sites for hydroxylation is 1. The molecule has 0 saturated carbocycles. The summed E-state index contributed by atoms with van der Waals surface area (Å²) in [5, 5.41) is 17.3. The second-order valence-electron chi connectivity index (χ2n) is 17.0. The number of unbranched alkanes of at least 4 members (excludes halogenated alkanes) is 12. The number of hydrogen-bond donors (Lipinski definition) is 5. The summed E-state index contributed by atoms with van der Waals surface area (Å²) in [4.78, 5) is 70.0. The minimum absolute atomic E-state index is 0.132. The Bertz CT molecular complexity index is 1600. The fourth-order valence-corrected chi connectivity index (χ4v) is 7.62. The molecule has 0 aromatic heterocycles. The molecule has 59 heavy (non-hydrogen) atoms. The van der Waals surface area contributed by atoms with E-state index in [1.807, 2.05) is 56.3 Å². The van der Waals surface area contributed by atoms with Gasteiger partial charge in [-0.25, -0.2) is 4.79 Å². The van der Waals surface area contributed by atoms with E-state index in [9.17, 15) is 29.1 Å². The minimum Gasteiger partial charge on any atom is -0.480 e. The molecule has 11 nitrogen and oxygen atoms in total. The lowest BCUT2D eigenvalue weighted by atomic mass is 9.91. The molecule has 0 radical (unpaired) electrons. The first-order chi connectivity index (χ1) is 28.3. The van der Waals surface area contributed by atoms with Gasteiger partial charge in [-0.15, -0.1) is 0 Å². The third kappa shape index (κ3) is 18.4. The molecule has 0 aliphatic heterocycles. The Hall–Kier alpha value is -4.09. The molecule has 0 bridgehead atoms. The van der Waals surface area contributed by atoms with Crippen LogP contribution >= 0.6 is 0 Å². The lowest BCUT2D eigenvalue weighted by Gasteiger charge is -2.41. The van der Waals surface area contributed by atoms with Crippen LogP contribution in [0.4, 0.5) is 0 Å². The van der Waals surface area contributed by atoms with E-state index in [4.69, 9.17) is 11.5 Å². The van der Waals surface area contributed by atoms with Crippen LogP contribution in [0.25, 0.3) is 10.8 Å². The molecule has 11 heteroatoms. The van der Waals surface area contributed by atoms with E-state index in [-0.39, 0.29) is 43.9 Å². The molecule has 0 unspecified atom stereocenters. The number of fused-ring (bicyclic) bond motifs is 1. The number of benzene rings is 2. The van der Waals surface area contributed by atoms with Crippen LogP contribution in [0.1, 0.15) is 162 Å². The van der Waals surface area contributed by atoms with Gasteiger partial charge in [0.25, 0.3) is 11.8 Å². The molecule has 3 atom stereocenters. The van der Waals surface area contributed by atoms with Crippen molar-refractivity contribution in [2.75, 3.05) is 6.54 Å². The number of nitrogens with one attached hydrogen (secondary N) is 2. The molecule has 0 fully saturated rings. The number of carbonyl (C=O) groups is 5. The zero-order valence-electron chi connectivity index (χ0n) is 36.9. The largest absolute Gasteiger partial charge is 0.480 e. The molecule has 2 aromatic carbocycles. The standard InChI is InChI=1S/C48H77N5O6/c1-6-7-8-9-10-11-12-13-14-15-16-17-18-19-20-31-42(54)51-41(30-23-24-34-49)45(56)53(43(55)33-32-39-28-25-27-38-26-21-22-29-40(38)39)48(50,35-36(2)3)47(59)52-44(37(4)5)46(57)58/h13-14,21-22,25-29,36-37,41,44H,6-12,15-20,23-24,30-35,49-50H2,1-5H3,(H,51,54)(H,52,59)(H,57,58)/b14-13-/t41-,44-,48-/m0/s1. The SMILES string of the molecule is CCCCCCCC/C=C\CCCCCCCC(=O)N[C@@H](CCCCN)C(=O)N(C(=O)CCc1cccc2ccccc12)[C@@](N)(CC(C)C)C(=O)N[C@H](C(=O)O)C(C)C. The van der Waals surface area contributed by atoms with Crippen LogP contribution in [0, 0.1) is 11.8 Å². The number of hydrogen-bond acceptors (Lipinski definition) is 7. The number of aliphatic carboxylic acids is 1. The van der Waals surface area contributed by atoms with Crippen molar-refractivity contribution in [3.8, 4) is 0 Å². The molecule has 2 rings (SSSR count). The predicted octanol–water partition coefficient (Wildman–Crippen LogP) is 8.71. The average Bonchev–Trinajstić information content (AvgIpc) is 3.19. The van der Waals surface area contributed by atoms with Gasteiger partial charge in [-0.1, -0.05) is 141 Å². The monoisotopic (exact) mass is 820 g/mol. The van der Waals surface area contributed by atoms with E-state index < -0.39 is 47.4 Å². The first-order valence-electron chi connectivity index (χ1n) is 22.6. The number of rotatable bonds is 31. The third-order valence-corrected chi connectivity index (χ3v) is 10.9. The van der Waals surface area contributed by atoms with E-state index in [1.165, 1.54) is 38.5 Å². The van der Waals surface area contributed by atoms with Crippen LogP contribution in [-0.2, 0) is 30.4 Å². The second kappa shape index (κ2) is 28.4. The van der Waals surface area contributed by atoms with Gasteiger partial charge in [-0.3, -0.25) is 24.1 Å². The highest BCUT2D eigenvalue weighted by Gasteiger charge is 2.49. The average molecular weight is 820 g/mol. The molecule has 4 amide bonds. The number of carboxylic acids is 1. The Morgan fingerprint density at radius 1 is 0.763 bits per heavy atom. The van der Waals surface area contributed by atoms with Crippen LogP contribution in [0.2, 0.25) is 0 Å². The van der Waals surface area contributed by atoms with Gasteiger partial charge in [0, 0.05) is 12.8 Å². The smallest absolute Gasteiger partial charge is 0.326 e. The van der Waals surface area contributed by atoms with Gasteiger partial charge < -0.3 is 27.2 Å². The highest BCUT2D eigenvalue weighted by Crippen LogP contribution is 2.26. The Morgan fingerprint density at radius 3 is 1.98 bits per heavy atom. The number of allylic oxidation sites excluding steroid dienone is 2. The lowest BCUT2D eigenvalue weighted by molar-refractivity contribution is -0.162. The molecule has 0 aliphatic rings. The molecule has 0 spiro atoms. The predicted molar refractivity (Wildman–Crippen MR) is 239 cm³/mol. The van der Waals surface area contributed by atoms with E-state index in [2.05, 4.69) is 29.7 Å². The van der Waals surface area contributed by atoms with Crippen molar-refractivity contribution in [1.29, 1.82) is 0 Å². The van der Waals surface area contributed by atoms with Crippen molar-refractivity contribution in [1.82, 2.24) is 15.5 Å². The fraction of sp³-hybridized carbons (Fsp3) is 0.646. The maximum Gasteiger partial charge on any atom is 0.326 e. The maximum atomic E-state index is 14.8. The van der Waals surface area contributed by atoms with Crippen LogP contribution in [0.15, 0.2) is 54.6 Å². The number of nitrogens with zero attached hydrogens (tertiary/aromatic N) is 1. The van der Waals surface area contributed by atoms with Gasteiger partial charge >= 0.3 is 5.97 Å². The summed E-state index contributed by atoms with van der Waals surface area (Å²) >= 11 is 0. The highest BCUT2D eigenvalue weighted by molar-refractivity contribution is 6.05. The highest BCUT2D eigenvalue weighted by atomic mass is 16.4. The number of carboxylic acid groups (broad SMARTS) is 1.